The first-order chi connectivity index (χ1) is 7.51. The zero-order chi connectivity index (χ0) is 12.6. The van der Waals surface area contributed by atoms with Crippen LogP contribution < -0.4 is 0 Å². The Hall–Kier alpha value is -0.243. The van der Waals surface area contributed by atoms with Gasteiger partial charge in [0.25, 0.3) is 0 Å². The van der Waals surface area contributed by atoms with Crippen LogP contribution in [0, 0.1) is 0 Å². The standard InChI is InChI=1S/C10H22O5Si/c1-9(2)10(11)15-7-6-8-16(12-3,13-4)14-5/h10-11H,1,6-8H2,2-5H3. The van der Waals surface area contributed by atoms with Crippen molar-refractivity contribution in [2.24, 2.45) is 0 Å². The van der Waals surface area contributed by atoms with Crippen molar-refractivity contribution in [1.82, 2.24) is 0 Å². The van der Waals surface area contributed by atoms with Crippen molar-refractivity contribution in [3.63, 3.8) is 0 Å². The molecule has 0 saturated carbocycles. The first-order valence-electron chi connectivity index (χ1n) is 5.12. The van der Waals surface area contributed by atoms with Gasteiger partial charge in [-0.15, -0.1) is 0 Å². The van der Waals surface area contributed by atoms with E-state index in [1.165, 1.54) is 0 Å². The fourth-order valence-corrected chi connectivity index (χ4v) is 2.87. The van der Waals surface area contributed by atoms with Gasteiger partial charge in [-0.3, -0.25) is 0 Å². The van der Waals surface area contributed by atoms with E-state index < -0.39 is 15.1 Å². The summed E-state index contributed by atoms with van der Waals surface area (Å²) in [4.78, 5) is 0. The predicted molar refractivity (Wildman–Crippen MR) is 63.0 cm³/mol. The molecule has 0 amide bonds. The van der Waals surface area contributed by atoms with E-state index in [2.05, 4.69) is 6.58 Å². The molecule has 0 bridgehead atoms. The zero-order valence-electron chi connectivity index (χ0n) is 10.5. The minimum atomic E-state index is -2.50. The van der Waals surface area contributed by atoms with Crippen LogP contribution in [0.2, 0.25) is 6.04 Å². The lowest BCUT2D eigenvalue weighted by Gasteiger charge is -2.24. The van der Waals surface area contributed by atoms with Gasteiger partial charge in [-0.25, -0.2) is 0 Å². The first-order valence-corrected chi connectivity index (χ1v) is 7.05. The molecule has 0 aromatic carbocycles. The average Bonchev–Trinajstić information content (AvgIpc) is 2.30. The van der Waals surface area contributed by atoms with Crippen molar-refractivity contribution >= 4 is 8.80 Å². The largest absolute Gasteiger partial charge is 0.500 e. The van der Waals surface area contributed by atoms with Gasteiger partial charge in [-0.1, -0.05) is 6.58 Å². The highest BCUT2D eigenvalue weighted by atomic mass is 28.4. The summed E-state index contributed by atoms with van der Waals surface area (Å²) in [6, 6.07) is 0.652. The summed E-state index contributed by atoms with van der Waals surface area (Å²) >= 11 is 0. The van der Waals surface area contributed by atoms with Gasteiger partial charge in [0.15, 0.2) is 6.29 Å². The summed E-state index contributed by atoms with van der Waals surface area (Å²) in [6.07, 6.45) is -0.199. The number of rotatable bonds is 9. The Labute approximate surface area is 98.3 Å². The van der Waals surface area contributed by atoms with Gasteiger partial charge in [0.1, 0.15) is 0 Å². The second-order valence-electron chi connectivity index (χ2n) is 3.47. The molecule has 0 rings (SSSR count). The van der Waals surface area contributed by atoms with Crippen LogP contribution in [0.4, 0.5) is 0 Å². The molecule has 0 radical (unpaired) electrons. The summed E-state index contributed by atoms with van der Waals surface area (Å²) in [5.74, 6) is 0. The SMILES string of the molecule is C=C(C)C(O)OCCC[Si](OC)(OC)OC. The fourth-order valence-electron chi connectivity index (χ4n) is 1.18. The van der Waals surface area contributed by atoms with Crippen LogP contribution >= 0.6 is 0 Å². The van der Waals surface area contributed by atoms with E-state index in [4.69, 9.17) is 18.0 Å². The number of aliphatic hydroxyl groups is 1. The number of aliphatic hydroxyl groups excluding tert-OH is 1. The van der Waals surface area contributed by atoms with Crippen molar-refractivity contribution in [1.29, 1.82) is 0 Å². The topological polar surface area (TPSA) is 57.2 Å². The van der Waals surface area contributed by atoms with Crippen molar-refractivity contribution in [3.05, 3.63) is 12.2 Å². The quantitative estimate of drug-likeness (QED) is 0.288. The van der Waals surface area contributed by atoms with Gasteiger partial charge >= 0.3 is 8.80 Å². The molecular weight excluding hydrogens is 228 g/mol. The lowest BCUT2D eigenvalue weighted by atomic mass is 10.3. The van der Waals surface area contributed by atoms with E-state index in [0.717, 1.165) is 0 Å². The molecule has 0 aliphatic carbocycles. The van der Waals surface area contributed by atoms with Crippen LogP contribution in [0.5, 0.6) is 0 Å². The molecule has 1 atom stereocenters. The van der Waals surface area contributed by atoms with E-state index in [0.29, 0.717) is 24.6 Å². The Balaban J connectivity index is 3.83. The van der Waals surface area contributed by atoms with E-state index in [1.807, 2.05) is 0 Å². The molecule has 96 valence electrons. The van der Waals surface area contributed by atoms with E-state index in [-0.39, 0.29) is 0 Å². The van der Waals surface area contributed by atoms with E-state index >= 15 is 0 Å². The van der Waals surface area contributed by atoms with Gasteiger partial charge in [-0.2, -0.15) is 0 Å². The molecule has 0 aliphatic rings. The molecule has 16 heavy (non-hydrogen) atoms. The smallest absolute Gasteiger partial charge is 0.377 e. The summed E-state index contributed by atoms with van der Waals surface area (Å²) in [6.45, 7) is 5.72. The van der Waals surface area contributed by atoms with Crippen LogP contribution in [0.3, 0.4) is 0 Å². The molecule has 0 spiro atoms. The lowest BCUT2D eigenvalue weighted by Crippen LogP contribution is -2.42. The highest BCUT2D eigenvalue weighted by Crippen LogP contribution is 2.15. The van der Waals surface area contributed by atoms with Crippen LogP contribution in [0.1, 0.15) is 13.3 Å². The highest BCUT2D eigenvalue weighted by molar-refractivity contribution is 6.60. The average molecular weight is 250 g/mol. The fraction of sp³-hybridized carbons (Fsp3) is 0.800. The molecule has 0 aromatic heterocycles. The third-order valence-electron chi connectivity index (χ3n) is 2.26. The van der Waals surface area contributed by atoms with Crippen molar-refractivity contribution in [3.8, 4) is 0 Å². The maximum Gasteiger partial charge on any atom is 0.500 e. The number of ether oxygens (including phenoxy) is 1. The molecule has 5 nitrogen and oxygen atoms in total. The lowest BCUT2D eigenvalue weighted by molar-refractivity contribution is -0.0722. The number of hydrogen-bond donors (Lipinski definition) is 1. The summed E-state index contributed by atoms with van der Waals surface area (Å²) in [5, 5.41) is 9.32. The maximum absolute atomic E-state index is 9.32. The van der Waals surface area contributed by atoms with Crippen LogP contribution in [0.15, 0.2) is 12.2 Å². The molecule has 6 heteroatoms. The Morgan fingerprint density at radius 2 is 1.75 bits per heavy atom. The minimum Gasteiger partial charge on any atom is -0.377 e. The predicted octanol–water partition coefficient (Wildman–Crippen LogP) is 1.17. The monoisotopic (exact) mass is 250 g/mol. The molecule has 1 unspecified atom stereocenters. The van der Waals surface area contributed by atoms with Crippen molar-refractivity contribution in [2.75, 3.05) is 27.9 Å². The zero-order valence-corrected chi connectivity index (χ0v) is 11.5. The molecule has 0 aliphatic heterocycles. The number of hydrogen-bond acceptors (Lipinski definition) is 5. The summed E-state index contributed by atoms with van der Waals surface area (Å²) < 4.78 is 20.9. The van der Waals surface area contributed by atoms with Gasteiger partial charge in [0, 0.05) is 27.4 Å². The minimum absolute atomic E-state index is 0.416. The third kappa shape index (κ3) is 5.20. The van der Waals surface area contributed by atoms with Gasteiger partial charge in [-0.05, 0) is 18.9 Å². The first kappa shape index (κ1) is 15.8. The normalized spacial score (nSPS) is 13.8. The van der Waals surface area contributed by atoms with Crippen molar-refractivity contribution < 1.29 is 23.1 Å². The second kappa shape index (κ2) is 7.94. The maximum atomic E-state index is 9.32. The van der Waals surface area contributed by atoms with Crippen LogP contribution in [0.25, 0.3) is 0 Å². The highest BCUT2D eigenvalue weighted by Gasteiger charge is 2.36. The van der Waals surface area contributed by atoms with Crippen LogP contribution in [-0.4, -0.2) is 48.1 Å². The Morgan fingerprint density at radius 3 is 2.12 bits per heavy atom. The summed E-state index contributed by atoms with van der Waals surface area (Å²) in [5.41, 5.74) is 0.591. The Bertz CT molecular complexity index is 197. The van der Waals surface area contributed by atoms with E-state index in [9.17, 15) is 5.11 Å². The molecule has 0 heterocycles. The molecule has 0 aromatic rings. The van der Waals surface area contributed by atoms with Gasteiger partial charge in [0.05, 0.1) is 6.61 Å². The van der Waals surface area contributed by atoms with Crippen LogP contribution in [-0.2, 0) is 18.0 Å². The van der Waals surface area contributed by atoms with Gasteiger partial charge in [0.2, 0.25) is 0 Å². The van der Waals surface area contributed by atoms with Crippen molar-refractivity contribution in [2.45, 2.75) is 25.7 Å². The molecule has 0 saturated heterocycles. The second-order valence-corrected chi connectivity index (χ2v) is 6.56. The summed E-state index contributed by atoms with van der Waals surface area (Å²) in [7, 11) is 2.22. The van der Waals surface area contributed by atoms with Gasteiger partial charge < -0.3 is 23.1 Å². The third-order valence-corrected chi connectivity index (χ3v) is 5.09. The molecule has 0 fully saturated rings. The Kier molecular flexibility index (Phi) is 7.82. The Morgan fingerprint density at radius 1 is 1.25 bits per heavy atom. The molecule has 1 N–H and O–H groups in total. The van der Waals surface area contributed by atoms with E-state index in [1.54, 1.807) is 28.3 Å². The molecular formula is C10H22O5Si.